The molecule has 8 nitrogen and oxygen atoms in total. The molecule has 1 aromatic carbocycles. The molecule has 2 aliphatic rings. The zero-order valence-electron chi connectivity index (χ0n) is 16.4. The standard InChI is InChI=1S/C19H29N3O5S/c1-26-15-19(23)20-17-14-16(28(24,25)22-10-12-27-13-11-22)6-7-18(17)21-8-4-2-3-5-9-21/h6-7,14H,2-5,8-13,15H2,1H3,(H,20,23). The molecule has 156 valence electrons. The highest BCUT2D eigenvalue weighted by Crippen LogP contribution is 2.32. The molecule has 1 aromatic rings. The van der Waals surface area contributed by atoms with Crippen LogP contribution in [0.5, 0.6) is 0 Å². The van der Waals surface area contributed by atoms with Crippen LogP contribution in [0, 0.1) is 0 Å². The SMILES string of the molecule is COCC(=O)Nc1cc(S(=O)(=O)N2CCOCC2)ccc1N1CCCCCC1. The van der Waals surface area contributed by atoms with Crippen molar-refractivity contribution in [3.8, 4) is 0 Å². The lowest BCUT2D eigenvalue weighted by atomic mass is 10.2. The van der Waals surface area contributed by atoms with Gasteiger partial charge in [-0.1, -0.05) is 12.8 Å². The summed E-state index contributed by atoms with van der Waals surface area (Å²) in [6.07, 6.45) is 4.54. The molecule has 1 amide bonds. The predicted octanol–water partition coefficient (Wildman–Crippen LogP) is 1.67. The fourth-order valence-electron chi connectivity index (χ4n) is 3.62. The summed E-state index contributed by atoms with van der Waals surface area (Å²) in [7, 11) is -2.18. The van der Waals surface area contributed by atoms with Gasteiger partial charge in [-0.15, -0.1) is 0 Å². The summed E-state index contributed by atoms with van der Waals surface area (Å²) in [6, 6.07) is 5.01. The Morgan fingerprint density at radius 2 is 1.79 bits per heavy atom. The number of anilines is 2. The normalized spacial score (nSPS) is 19.2. The smallest absolute Gasteiger partial charge is 0.250 e. The number of sulfonamides is 1. The van der Waals surface area contributed by atoms with Gasteiger partial charge >= 0.3 is 0 Å². The van der Waals surface area contributed by atoms with Crippen LogP contribution in [-0.2, 0) is 24.3 Å². The molecule has 2 saturated heterocycles. The second-order valence-electron chi connectivity index (χ2n) is 7.08. The van der Waals surface area contributed by atoms with Crippen molar-refractivity contribution in [3.63, 3.8) is 0 Å². The molecule has 0 bridgehead atoms. The van der Waals surface area contributed by atoms with Crippen LogP contribution in [0.3, 0.4) is 0 Å². The van der Waals surface area contributed by atoms with E-state index in [1.54, 1.807) is 18.2 Å². The Labute approximate surface area is 166 Å². The van der Waals surface area contributed by atoms with Gasteiger partial charge in [0.25, 0.3) is 0 Å². The van der Waals surface area contributed by atoms with Crippen LogP contribution in [0.25, 0.3) is 0 Å². The second kappa shape index (κ2) is 9.69. The summed E-state index contributed by atoms with van der Waals surface area (Å²) >= 11 is 0. The molecule has 2 heterocycles. The number of hydrogen-bond acceptors (Lipinski definition) is 6. The number of amides is 1. The number of carbonyl (C=O) groups is 1. The van der Waals surface area contributed by atoms with Crippen molar-refractivity contribution < 1.29 is 22.7 Å². The van der Waals surface area contributed by atoms with Gasteiger partial charge in [0, 0.05) is 33.3 Å². The molecule has 0 aliphatic carbocycles. The van der Waals surface area contributed by atoms with Crippen molar-refractivity contribution in [1.29, 1.82) is 0 Å². The van der Waals surface area contributed by atoms with E-state index < -0.39 is 10.0 Å². The van der Waals surface area contributed by atoms with Crippen LogP contribution in [0.2, 0.25) is 0 Å². The molecule has 0 atom stereocenters. The number of carbonyl (C=O) groups excluding carboxylic acids is 1. The monoisotopic (exact) mass is 411 g/mol. The third-order valence-electron chi connectivity index (χ3n) is 5.07. The number of ether oxygens (including phenoxy) is 2. The lowest BCUT2D eigenvalue weighted by molar-refractivity contribution is -0.119. The first kappa shape index (κ1) is 21.0. The molecule has 0 spiro atoms. The van der Waals surface area contributed by atoms with Gasteiger partial charge in [-0.3, -0.25) is 4.79 Å². The minimum atomic E-state index is -3.64. The van der Waals surface area contributed by atoms with Crippen LogP contribution in [0.4, 0.5) is 11.4 Å². The van der Waals surface area contributed by atoms with E-state index in [0.717, 1.165) is 31.6 Å². The number of rotatable bonds is 6. The first-order valence-corrected chi connectivity index (χ1v) is 11.2. The number of hydrogen-bond donors (Lipinski definition) is 1. The zero-order valence-corrected chi connectivity index (χ0v) is 17.2. The first-order chi connectivity index (χ1) is 13.5. The fraction of sp³-hybridized carbons (Fsp3) is 0.632. The first-order valence-electron chi connectivity index (χ1n) is 9.78. The Morgan fingerprint density at radius 1 is 1.11 bits per heavy atom. The maximum absolute atomic E-state index is 13.0. The summed E-state index contributed by atoms with van der Waals surface area (Å²) in [5, 5.41) is 2.83. The van der Waals surface area contributed by atoms with Gasteiger partial charge in [0.05, 0.1) is 29.5 Å². The van der Waals surface area contributed by atoms with Crippen molar-refractivity contribution in [1.82, 2.24) is 4.31 Å². The van der Waals surface area contributed by atoms with Crippen LogP contribution < -0.4 is 10.2 Å². The van der Waals surface area contributed by atoms with Crippen molar-refractivity contribution >= 4 is 27.3 Å². The number of methoxy groups -OCH3 is 1. The Morgan fingerprint density at radius 3 is 2.43 bits per heavy atom. The topological polar surface area (TPSA) is 88.2 Å². The van der Waals surface area contributed by atoms with Crippen LogP contribution in [0.15, 0.2) is 23.1 Å². The highest BCUT2D eigenvalue weighted by atomic mass is 32.2. The fourth-order valence-corrected chi connectivity index (χ4v) is 5.05. The molecule has 0 unspecified atom stereocenters. The quantitative estimate of drug-likeness (QED) is 0.766. The third-order valence-corrected chi connectivity index (χ3v) is 6.97. The van der Waals surface area contributed by atoms with Crippen LogP contribution in [0.1, 0.15) is 25.7 Å². The van der Waals surface area contributed by atoms with Crippen molar-refractivity contribution in [2.24, 2.45) is 0 Å². The molecule has 0 radical (unpaired) electrons. The predicted molar refractivity (Wildman–Crippen MR) is 107 cm³/mol. The second-order valence-corrected chi connectivity index (χ2v) is 9.02. The molecule has 2 aliphatic heterocycles. The Balaban J connectivity index is 1.93. The highest BCUT2D eigenvalue weighted by molar-refractivity contribution is 7.89. The Kier molecular flexibility index (Phi) is 7.28. The van der Waals surface area contributed by atoms with Crippen molar-refractivity contribution in [2.45, 2.75) is 30.6 Å². The number of benzene rings is 1. The molecule has 9 heteroatoms. The van der Waals surface area contributed by atoms with Gasteiger partial charge < -0.3 is 19.7 Å². The van der Waals surface area contributed by atoms with E-state index in [9.17, 15) is 13.2 Å². The molecular formula is C19H29N3O5S. The average Bonchev–Trinajstić information content (AvgIpc) is 2.98. The number of nitrogens with one attached hydrogen (secondary N) is 1. The summed E-state index contributed by atoms with van der Waals surface area (Å²) in [5.74, 6) is -0.306. The van der Waals surface area contributed by atoms with E-state index in [4.69, 9.17) is 9.47 Å². The minimum Gasteiger partial charge on any atom is -0.379 e. The molecule has 3 rings (SSSR count). The molecule has 2 fully saturated rings. The number of morpholine rings is 1. The third kappa shape index (κ3) is 5.02. The van der Waals surface area contributed by atoms with Gasteiger partial charge in [-0.25, -0.2) is 8.42 Å². The summed E-state index contributed by atoms with van der Waals surface area (Å²) < 4.78 is 37.6. The van der Waals surface area contributed by atoms with Crippen LogP contribution >= 0.6 is 0 Å². The maximum atomic E-state index is 13.0. The Bertz CT molecular complexity index is 770. The van der Waals surface area contributed by atoms with Gasteiger partial charge in [0.1, 0.15) is 6.61 Å². The number of nitrogens with zero attached hydrogens (tertiary/aromatic N) is 2. The summed E-state index contributed by atoms with van der Waals surface area (Å²) in [4.78, 5) is 14.6. The maximum Gasteiger partial charge on any atom is 0.250 e. The average molecular weight is 412 g/mol. The lowest BCUT2D eigenvalue weighted by Crippen LogP contribution is -2.40. The van der Waals surface area contributed by atoms with Gasteiger partial charge in [-0.05, 0) is 31.0 Å². The molecular weight excluding hydrogens is 382 g/mol. The van der Waals surface area contributed by atoms with E-state index in [0.29, 0.717) is 32.0 Å². The van der Waals surface area contributed by atoms with Crippen LogP contribution in [-0.4, -0.2) is 71.7 Å². The molecule has 0 aromatic heterocycles. The van der Waals surface area contributed by atoms with Gasteiger partial charge in [0.2, 0.25) is 15.9 Å². The zero-order chi connectivity index (χ0) is 20.0. The summed E-state index contributed by atoms with van der Waals surface area (Å²) in [5.41, 5.74) is 1.37. The molecule has 28 heavy (non-hydrogen) atoms. The molecule has 0 saturated carbocycles. The van der Waals surface area contributed by atoms with E-state index in [-0.39, 0.29) is 17.4 Å². The van der Waals surface area contributed by atoms with E-state index in [1.165, 1.54) is 24.3 Å². The lowest BCUT2D eigenvalue weighted by Gasteiger charge is -2.28. The highest BCUT2D eigenvalue weighted by Gasteiger charge is 2.28. The van der Waals surface area contributed by atoms with Gasteiger partial charge in [-0.2, -0.15) is 4.31 Å². The van der Waals surface area contributed by atoms with Gasteiger partial charge in [0.15, 0.2) is 0 Å². The van der Waals surface area contributed by atoms with E-state index >= 15 is 0 Å². The Hall–Kier alpha value is -1.68. The molecule has 1 N–H and O–H groups in total. The van der Waals surface area contributed by atoms with E-state index in [2.05, 4.69) is 10.2 Å². The van der Waals surface area contributed by atoms with E-state index in [1.807, 2.05) is 0 Å². The van der Waals surface area contributed by atoms with Crippen molar-refractivity contribution in [3.05, 3.63) is 18.2 Å². The minimum absolute atomic E-state index is 0.0835. The largest absolute Gasteiger partial charge is 0.379 e. The van der Waals surface area contributed by atoms with Crippen molar-refractivity contribution in [2.75, 3.05) is 63.3 Å². The summed E-state index contributed by atoms with van der Waals surface area (Å²) in [6.45, 7) is 3.15.